The van der Waals surface area contributed by atoms with Gasteiger partial charge in [0.2, 0.25) is 0 Å². The lowest BCUT2D eigenvalue weighted by atomic mass is 10.2. The molecule has 0 saturated heterocycles. The minimum absolute atomic E-state index is 0.232. The first-order valence-corrected chi connectivity index (χ1v) is 9.20. The number of thiocarbonyl (C=S) groups is 1. The maximum Gasteiger partial charge on any atom is 0.252 e. The zero-order chi connectivity index (χ0) is 15.5. The minimum atomic E-state index is -3.47. The quantitative estimate of drug-likeness (QED) is 0.779. The van der Waals surface area contributed by atoms with Crippen molar-refractivity contribution < 1.29 is 8.42 Å². The van der Waals surface area contributed by atoms with Crippen molar-refractivity contribution in [3.63, 3.8) is 0 Å². The summed E-state index contributed by atoms with van der Waals surface area (Å²) in [6, 6.07) is 3.25. The van der Waals surface area contributed by atoms with E-state index in [-0.39, 0.29) is 16.8 Å². The van der Waals surface area contributed by atoms with Gasteiger partial charge in [0, 0.05) is 13.1 Å². The largest absolute Gasteiger partial charge is 0.389 e. The number of hydrogen-bond acceptors (Lipinski definition) is 4. The Morgan fingerprint density at radius 1 is 1.25 bits per heavy atom. The van der Waals surface area contributed by atoms with E-state index in [1.807, 2.05) is 27.7 Å². The molecule has 1 aromatic heterocycles. The second-order valence-corrected chi connectivity index (χ2v) is 9.28. The zero-order valence-electron chi connectivity index (χ0n) is 12.3. The molecule has 1 heterocycles. The number of sulfonamides is 1. The molecule has 4 nitrogen and oxygen atoms in total. The van der Waals surface area contributed by atoms with Crippen molar-refractivity contribution in [2.75, 3.05) is 13.1 Å². The molecule has 0 spiro atoms. The van der Waals surface area contributed by atoms with Crippen LogP contribution in [0, 0.1) is 11.8 Å². The van der Waals surface area contributed by atoms with Gasteiger partial charge in [-0.25, -0.2) is 8.42 Å². The number of hydrogen-bond donors (Lipinski definition) is 1. The fraction of sp³-hybridized carbons (Fsp3) is 0.615. The molecule has 1 rings (SSSR count). The average molecular weight is 335 g/mol. The molecule has 7 heteroatoms. The lowest BCUT2D eigenvalue weighted by Gasteiger charge is -2.24. The Bertz CT molecular complexity index is 552. The summed E-state index contributed by atoms with van der Waals surface area (Å²) in [5, 5.41) is 0. The number of rotatable bonds is 7. The summed E-state index contributed by atoms with van der Waals surface area (Å²) < 4.78 is 27.2. The molecule has 0 atom stereocenters. The van der Waals surface area contributed by atoms with E-state index in [1.165, 1.54) is 0 Å². The van der Waals surface area contributed by atoms with E-state index >= 15 is 0 Å². The van der Waals surface area contributed by atoms with Crippen molar-refractivity contribution in [3.05, 3.63) is 17.0 Å². The van der Waals surface area contributed by atoms with Gasteiger partial charge in [0.15, 0.2) is 0 Å². The van der Waals surface area contributed by atoms with Crippen molar-refractivity contribution >= 4 is 38.6 Å². The maximum atomic E-state index is 12.7. The second kappa shape index (κ2) is 6.98. The predicted octanol–water partition coefficient (Wildman–Crippen LogP) is 2.69. The van der Waals surface area contributed by atoms with Crippen LogP contribution in [0.25, 0.3) is 0 Å². The van der Waals surface area contributed by atoms with Gasteiger partial charge in [-0.05, 0) is 24.0 Å². The Morgan fingerprint density at radius 2 is 1.75 bits per heavy atom. The molecule has 0 aromatic carbocycles. The lowest BCUT2D eigenvalue weighted by molar-refractivity contribution is 0.334. The van der Waals surface area contributed by atoms with Gasteiger partial charge < -0.3 is 5.73 Å². The normalized spacial score (nSPS) is 12.6. The molecule has 0 bridgehead atoms. The molecule has 0 saturated carbocycles. The van der Waals surface area contributed by atoms with Crippen LogP contribution < -0.4 is 5.73 Å². The fourth-order valence-electron chi connectivity index (χ4n) is 1.80. The van der Waals surface area contributed by atoms with Gasteiger partial charge >= 0.3 is 0 Å². The molecule has 0 aliphatic rings. The molecule has 114 valence electrons. The highest BCUT2D eigenvalue weighted by Crippen LogP contribution is 2.26. The molecule has 1 aromatic rings. The third-order valence-corrected chi connectivity index (χ3v) is 6.32. The van der Waals surface area contributed by atoms with Gasteiger partial charge in [0.05, 0.1) is 4.88 Å². The number of nitrogens with zero attached hydrogens (tertiary/aromatic N) is 1. The highest BCUT2D eigenvalue weighted by molar-refractivity contribution is 7.91. The van der Waals surface area contributed by atoms with Gasteiger partial charge in [-0.2, -0.15) is 4.31 Å². The highest BCUT2D eigenvalue weighted by atomic mass is 32.2. The van der Waals surface area contributed by atoms with E-state index < -0.39 is 10.0 Å². The Labute approximate surface area is 131 Å². The standard InChI is InChI=1S/C13H22N2O2S3/c1-9(2)7-15(8-10(3)4)20(16,17)12-6-5-11(19-12)13(14)18/h5-6,9-10H,7-8H2,1-4H3,(H2,14,18). The predicted molar refractivity (Wildman–Crippen MR) is 88.6 cm³/mol. The molecule has 2 N–H and O–H groups in total. The zero-order valence-corrected chi connectivity index (χ0v) is 14.7. The Kier molecular flexibility index (Phi) is 6.12. The molecule has 0 radical (unpaired) electrons. The van der Waals surface area contributed by atoms with Gasteiger partial charge in [-0.3, -0.25) is 0 Å². The molecule has 0 unspecified atom stereocenters. The van der Waals surface area contributed by atoms with E-state index in [2.05, 4.69) is 0 Å². The van der Waals surface area contributed by atoms with Crippen LogP contribution in [0.15, 0.2) is 16.3 Å². The van der Waals surface area contributed by atoms with Crippen LogP contribution in [0.2, 0.25) is 0 Å². The van der Waals surface area contributed by atoms with Crippen molar-refractivity contribution in [1.29, 1.82) is 0 Å². The fourth-order valence-corrected chi connectivity index (χ4v) is 5.08. The van der Waals surface area contributed by atoms with Crippen molar-refractivity contribution in [3.8, 4) is 0 Å². The third-order valence-electron chi connectivity index (χ3n) is 2.56. The van der Waals surface area contributed by atoms with Gasteiger partial charge in [-0.15, -0.1) is 11.3 Å². The average Bonchev–Trinajstić information content (AvgIpc) is 2.76. The van der Waals surface area contributed by atoms with E-state index in [4.69, 9.17) is 18.0 Å². The highest BCUT2D eigenvalue weighted by Gasteiger charge is 2.27. The summed E-state index contributed by atoms with van der Waals surface area (Å²) in [4.78, 5) is 0.864. The van der Waals surface area contributed by atoms with E-state index in [0.717, 1.165) is 11.3 Å². The van der Waals surface area contributed by atoms with Crippen LogP contribution in [0.4, 0.5) is 0 Å². The van der Waals surface area contributed by atoms with E-state index in [0.29, 0.717) is 22.2 Å². The monoisotopic (exact) mass is 334 g/mol. The van der Waals surface area contributed by atoms with Crippen LogP contribution in [-0.4, -0.2) is 30.8 Å². The van der Waals surface area contributed by atoms with E-state index in [1.54, 1.807) is 16.4 Å². The summed E-state index contributed by atoms with van der Waals surface area (Å²) in [5.74, 6) is 0.553. The topological polar surface area (TPSA) is 63.4 Å². The molecule has 0 aliphatic carbocycles. The minimum Gasteiger partial charge on any atom is -0.389 e. The summed E-state index contributed by atoms with van der Waals surface area (Å²) in [6.07, 6.45) is 0. The SMILES string of the molecule is CC(C)CN(CC(C)C)S(=O)(=O)c1ccc(C(N)=S)s1. The summed E-state index contributed by atoms with van der Waals surface area (Å²) >= 11 is 6.02. The first-order chi connectivity index (χ1) is 9.14. The molecule has 0 fully saturated rings. The van der Waals surface area contributed by atoms with E-state index in [9.17, 15) is 8.42 Å². The van der Waals surface area contributed by atoms with Crippen LogP contribution in [0.1, 0.15) is 32.6 Å². The summed E-state index contributed by atoms with van der Waals surface area (Å²) in [6.45, 7) is 9.08. The van der Waals surface area contributed by atoms with Gasteiger partial charge in [0.25, 0.3) is 10.0 Å². The van der Waals surface area contributed by atoms with Crippen molar-refractivity contribution in [1.82, 2.24) is 4.31 Å². The third kappa shape index (κ3) is 4.51. The van der Waals surface area contributed by atoms with Crippen LogP contribution in [0.3, 0.4) is 0 Å². The van der Waals surface area contributed by atoms with Gasteiger partial charge in [-0.1, -0.05) is 39.9 Å². The number of nitrogens with two attached hydrogens (primary N) is 1. The lowest BCUT2D eigenvalue weighted by Crippen LogP contribution is -2.36. The molecule has 0 amide bonds. The first-order valence-electron chi connectivity index (χ1n) is 6.54. The van der Waals surface area contributed by atoms with Crippen LogP contribution >= 0.6 is 23.6 Å². The molecular weight excluding hydrogens is 312 g/mol. The smallest absolute Gasteiger partial charge is 0.252 e. The Hall–Kier alpha value is -0.500. The molecular formula is C13H22N2O2S3. The number of thiophene rings is 1. The summed E-state index contributed by atoms with van der Waals surface area (Å²) in [7, 11) is -3.47. The summed E-state index contributed by atoms with van der Waals surface area (Å²) in [5.41, 5.74) is 5.54. The van der Waals surface area contributed by atoms with Crippen molar-refractivity contribution in [2.45, 2.75) is 31.9 Å². The van der Waals surface area contributed by atoms with Crippen LogP contribution in [0.5, 0.6) is 0 Å². The maximum absolute atomic E-state index is 12.7. The molecule has 20 heavy (non-hydrogen) atoms. The van der Waals surface area contributed by atoms with Gasteiger partial charge in [0.1, 0.15) is 9.20 Å². The van der Waals surface area contributed by atoms with Crippen molar-refractivity contribution in [2.24, 2.45) is 17.6 Å². The first kappa shape index (κ1) is 17.6. The molecule has 0 aliphatic heterocycles. The second-order valence-electron chi connectivity index (χ2n) is 5.59. The Balaban J connectivity index is 3.10. The van der Waals surface area contributed by atoms with Crippen LogP contribution in [-0.2, 0) is 10.0 Å². The Morgan fingerprint density at radius 3 is 2.10 bits per heavy atom.